The molecule has 1 heterocycles. The van der Waals surface area contributed by atoms with Crippen molar-refractivity contribution in [2.45, 2.75) is 12.8 Å². The Morgan fingerprint density at radius 2 is 1.80 bits per heavy atom. The number of phenolic OH excluding ortho intramolecular Hbond substituents is 3. The molecule has 10 heteroatoms. The summed E-state index contributed by atoms with van der Waals surface area (Å²) < 4.78 is 0. The highest BCUT2D eigenvalue weighted by Gasteiger charge is 2.23. The molecular formula is C20H22ClN3O6. The van der Waals surface area contributed by atoms with E-state index in [4.69, 9.17) is 11.6 Å². The fourth-order valence-electron chi connectivity index (χ4n) is 3.48. The summed E-state index contributed by atoms with van der Waals surface area (Å²) in [7, 11) is 0. The second-order valence-corrected chi connectivity index (χ2v) is 7.46. The maximum Gasteiger partial charge on any atom is 0.315 e. The minimum atomic E-state index is -0.846. The molecule has 1 aliphatic rings. The molecule has 2 aromatic rings. The molecule has 0 amide bonds. The molecule has 1 fully saturated rings. The monoisotopic (exact) mass is 435 g/mol. The van der Waals surface area contributed by atoms with Gasteiger partial charge in [-0.25, -0.2) is 0 Å². The van der Waals surface area contributed by atoms with E-state index in [-0.39, 0.29) is 23.5 Å². The number of carbonyl (C=O) groups excluding carboxylic acids is 1. The Kier molecular flexibility index (Phi) is 6.63. The minimum absolute atomic E-state index is 0.000321. The number of ketones is 1. The van der Waals surface area contributed by atoms with Crippen LogP contribution in [0.3, 0.4) is 0 Å². The third-order valence-electron chi connectivity index (χ3n) is 5.14. The molecule has 1 aliphatic heterocycles. The van der Waals surface area contributed by atoms with Gasteiger partial charge in [-0.1, -0.05) is 17.7 Å². The maximum absolute atomic E-state index is 12.4. The van der Waals surface area contributed by atoms with Crippen LogP contribution >= 0.6 is 11.6 Å². The van der Waals surface area contributed by atoms with Crippen LogP contribution in [0.25, 0.3) is 0 Å². The van der Waals surface area contributed by atoms with Crippen LogP contribution in [0.15, 0.2) is 30.3 Å². The Bertz CT molecular complexity index is 960. The molecule has 0 aromatic heterocycles. The van der Waals surface area contributed by atoms with Crippen molar-refractivity contribution in [3.8, 4) is 17.2 Å². The number of Topliss-reactive ketones (excluding diaryl/α,β-unsaturated/α-hetero) is 1. The molecule has 3 N–H and O–H groups in total. The third kappa shape index (κ3) is 4.74. The summed E-state index contributed by atoms with van der Waals surface area (Å²) >= 11 is 6.17. The predicted molar refractivity (Wildman–Crippen MR) is 112 cm³/mol. The molecule has 30 heavy (non-hydrogen) atoms. The topological polar surface area (TPSA) is 127 Å². The molecule has 0 atom stereocenters. The number of phenols is 3. The van der Waals surface area contributed by atoms with Crippen LogP contribution in [0, 0.1) is 10.1 Å². The van der Waals surface area contributed by atoms with Gasteiger partial charge in [0.25, 0.3) is 0 Å². The van der Waals surface area contributed by atoms with Gasteiger partial charge in [-0.2, -0.15) is 0 Å². The highest BCUT2D eigenvalue weighted by molar-refractivity contribution is 6.34. The van der Waals surface area contributed by atoms with Crippen molar-refractivity contribution in [2.24, 2.45) is 0 Å². The van der Waals surface area contributed by atoms with Gasteiger partial charge in [0.1, 0.15) is 10.8 Å². The Hall–Kier alpha value is -3.04. The number of nitro benzene ring substituents is 1. The molecule has 0 unspecified atom stereocenters. The van der Waals surface area contributed by atoms with E-state index in [2.05, 4.69) is 9.80 Å². The first-order valence-corrected chi connectivity index (χ1v) is 9.84. The summed E-state index contributed by atoms with van der Waals surface area (Å²) in [6.07, 6.45) is 0.723. The highest BCUT2D eigenvalue weighted by atomic mass is 35.5. The van der Waals surface area contributed by atoms with Gasteiger partial charge in [-0.15, -0.1) is 0 Å². The number of hydrogen-bond acceptors (Lipinski definition) is 8. The van der Waals surface area contributed by atoms with Crippen LogP contribution in [0.1, 0.15) is 23.2 Å². The molecule has 3 rings (SSSR count). The number of nitrogens with zero attached hydrogens (tertiary/aromatic N) is 3. The van der Waals surface area contributed by atoms with Crippen LogP contribution in [-0.2, 0) is 0 Å². The van der Waals surface area contributed by atoms with Crippen LogP contribution in [-0.4, -0.2) is 63.6 Å². The van der Waals surface area contributed by atoms with Gasteiger partial charge in [0.2, 0.25) is 5.75 Å². The lowest BCUT2D eigenvalue weighted by molar-refractivity contribution is -0.386. The average Bonchev–Trinajstić information content (AvgIpc) is 2.72. The molecule has 9 nitrogen and oxygen atoms in total. The Balaban J connectivity index is 1.50. The Morgan fingerprint density at radius 1 is 1.10 bits per heavy atom. The number of halogens is 1. The van der Waals surface area contributed by atoms with Crippen LogP contribution in [0.4, 0.5) is 11.4 Å². The Morgan fingerprint density at radius 3 is 2.47 bits per heavy atom. The van der Waals surface area contributed by atoms with Crippen LogP contribution < -0.4 is 4.90 Å². The lowest BCUT2D eigenvalue weighted by Crippen LogP contribution is -2.46. The summed E-state index contributed by atoms with van der Waals surface area (Å²) in [5.74, 6) is -1.82. The van der Waals surface area contributed by atoms with Gasteiger partial charge >= 0.3 is 5.69 Å². The molecular weight excluding hydrogens is 414 g/mol. The van der Waals surface area contributed by atoms with Gasteiger partial charge in [0.05, 0.1) is 10.6 Å². The van der Waals surface area contributed by atoms with Crippen LogP contribution in [0.5, 0.6) is 17.2 Å². The number of anilines is 1. The second kappa shape index (κ2) is 9.19. The second-order valence-electron chi connectivity index (χ2n) is 7.09. The van der Waals surface area contributed by atoms with Crippen molar-refractivity contribution in [1.29, 1.82) is 0 Å². The summed E-state index contributed by atoms with van der Waals surface area (Å²) in [6.45, 7) is 3.68. The molecule has 0 saturated carbocycles. The van der Waals surface area contributed by atoms with E-state index < -0.39 is 22.1 Å². The molecule has 0 aliphatic carbocycles. The van der Waals surface area contributed by atoms with E-state index in [0.29, 0.717) is 18.0 Å². The van der Waals surface area contributed by atoms with E-state index >= 15 is 0 Å². The molecule has 0 bridgehead atoms. The van der Waals surface area contributed by atoms with Crippen molar-refractivity contribution in [1.82, 2.24) is 4.90 Å². The molecule has 160 valence electrons. The zero-order valence-corrected chi connectivity index (χ0v) is 16.9. The first kappa shape index (κ1) is 21.7. The Labute approximate surface area is 177 Å². The number of nitro groups is 1. The molecule has 1 saturated heterocycles. The maximum atomic E-state index is 12.4. The summed E-state index contributed by atoms with van der Waals surface area (Å²) in [5, 5.41) is 40.2. The van der Waals surface area contributed by atoms with Gasteiger partial charge in [0.15, 0.2) is 11.5 Å². The lowest BCUT2D eigenvalue weighted by atomic mass is 10.0. The van der Waals surface area contributed by atoms with Gasteiger partial charge < -0.3 is 20.2 Å². The minimum Gasteiger partial charge on any atom is -0.506 e. The average molecular weight is 436 g/mol. The number of benzene rings is 2. The van der Waals surface area contributed by atoms with Gasteiger partial charge in [0, 0.05) is 44.2 Å². The SMILES string of the molecule is O=C(CCCN1CCN(c2cccc(O)c2Cl)CC1)c1cc(O)c(O)c([N+](=O)[O-])c1. The highest BCUT2D eigenvalue weighted by Crippen LogP contribution is 2.36. The standard InChI is InChI=1S/C20H22ClN3O6/c21-19-14(3-1-4-17(19)26)23-9-7-22(8-10-23)6-2-5-16(25)13-11-15(24(29)30)20(28)18(27)12-13/h1,3-4,11-12,26-28H,2,5-10H2. The fraction of sp³-hybridized carbons (Fsp3) is 0.350. The quantitative estimate of drug-likeness (QED) is 0.262. The summed E-state index contributed by atoms with van der Waals surface area (Å²) in [5.41, 5.74) is 0.0978. The first-order valence-electron chi connectivity index (χ1n) is 9.46. The first-order chi connectivity index (χ1) is 14.3. The van der Waals surface area contributed by atoms with E-state index in [9.17, 15) is 30.2 Å². The number of piperazine rings is 1. The van der Waals surface area contributed by atoms with Crippen molar-refractivity contribution >= 4 is 28.8 Å². The zero-order valence-electron chi connectivity index (χ0n) is 16.1. The van der Waals surface area contributed by atoms with Gasteiger partial charge in [-0.3, -0.25) is 19.8 Å². The van der Waals surface area contributed by atoms with Crippen molar-refractivity contribution in [3.05, 3.63) is 51.0 Å². The number of carbonyl (C=O) groups is 1. The van der Waals surface area contributed by atoms with Gasteiger partial charge in [-0.05, 0) is 31.2 Å². The number of hydrogen-bond donors (Lipinski definition) is 3. The molecule has 0 radical (unpaired) electrons. The van der Waals surface area contributed by atoms with E-state index in [1.165, 1.54) is 0 Å². The number of rotatable bonds is 7. The van der Waals surface area contributed by atoms with E-state index in [1.54, 1.807) is 12.1 Å². The van der Waals surface area contributed by atoms with Crippen LogP contribution in [0.2, 0.25) is 5.02 Å². The smallest absolute Gasteiger partial charge is 0.315 e. The predicted octanol–water partition coefficient (Wildman–Crippen LogP) is 3.15. The summed E-state index contributed by atoms with van der Waals surface area (Å²) in [6, 6.07) is 7.18. The van der Waals surface area contributed by atoms with E-state index in [0.717, 1.165) is 44.0 Å². The normalized spacial score (nSPS) is 14.6. The van der Waals surface area contributed by atoms with E-state index in [1.807, 2.05) is 6.07 Å². The van der Waals surface area contributed by atoms with Crippen molar-refractivity contribution in [2.75, 3.05) is 37.6 Å². The summed E-state index contributed by atoms with van der Waals surface area (Å²) in [4.78, 5) is 26.7. The lowest BCUT2D eigenvalue weighted by Gasteiger charge is -2.36. The zero-order chi connectivity index (χ0) is 21.8. The largest absolute Gasteiger partial charge is 0.506 e. The molecule has 2 aromatic carbocycles. The third-order valence-corrected chi connectivity index (χ3v) is 5.52. The molecule has 0 spiro atoms. The van der Waals surface area contributed by atoms with Crippen molar-refractivity contribution < 1.29 is 25.0 Å². The fourth-order valence-corrected chi connectivity index (χ4v) is 3.72. The number of aromatic hydroxyl groups is 3. The van der Waals surface area contributed by atoms with Crippen molar-refractivity contribution in [3.63, 3.8) is 0 Å².